The monoisotopic (exact) mass is 286 g/mol. The maximum Gasteiger partial charge on any atom is 0.272 e. The van der Waals surface area contributed by atoms with E-state index >= 15 is 0 Å². The number of carbonyl (C=O) groups excluding carboxylic acids is 1. The Kier molecular flexibility index (Phi) is 4.15. The van der Waals surface area contributed by atoms with E-state index in [-0.39, 0.29) is 11.6 Å². The lowest BCUT2D eigenvalue weighted by Gasteiger charge is -2.07. The number of nitrogens with zero attached hydrogens (tertiary/aromatic N) is 1. The molecule has 0 aliphatic carbocycles. The number of hydrogen-bond acceptors (Lipinski definition) is 5. The molecular weight excluding hydrogens is 272 g/mol. The molecule has 0 radical (unpaired) electrons. The number of nitro groups is 1. The van der Waals surface area contributed by atoms with Crippen molar-refractivity contribution >= 4 is 23.0 Å². The third-order valence-corrected chi connectivity index (χ3v) is 2.97. The molecule has 2 aromatic carbocycles. The first-order valence-electron chi connectivity index (χ1n) is 6.14. The molecule has 7 nitrogen and oxygen atoms in total. The van der Waals surface area contributed by atoms with Crippen molar-refractivity contribution in [3.8, 4) is 0 Å². The molecule has 0 saturated carbocycles. The number of anilines is 2. The standard InChI is InChI=1S/C14H14N4O3/c1-9-8-12(6-7-13(9)18(20)21)16-14(19)10-2-4-11(17-15)5-3-10/h2-8,17H,15H2,1H3,(H,16,19). The number of nitrogens with one attached hydrogen (secondary N) is 2. The van der Waals surface area contributed by atoms with Crippen LogP contribution in [0.3, 0.4) is 0 Å². The van der Waals surface area contributed by atoms with Gasteiger partial charge in [0.2, 0.25) is 0 Å². The lowest BCUT2D eigenvalue weighted by atomic mass is 10.1. The molecule has 108 valence electrons. The second-order valence-corrected chi connectivity index (χ2v) is 4.43. The molecule has 0 spiro atoms. The van der Waals surface area contributed by atoms with Crippen molar-refractivity contribution in [1.29, 1.82) is 0 Å². The largest absolute Gasteiger partial charge is 0.324 e. The number of nitrogen functional groups attached to an aromatic ring is 1. The molecule has 0 aliphatic rings. The number of hydrazine groups is 1. The van der Waals surface area contributed by atoms with Crippen molar-refractivity contribution in [2.24, 2.45) is 5.84 Å². The van der Waals surface area contributed by atoms with Crippen LogP contribution in [-0.2, 0) is 0 Å². The Labute approximate surface area is 120 Å². The van der Waals surface area contributed by atoms with Crippen molar-refractivity contribution < 1.29 is 9.72 Å². The highest BCUT2D eigenvalue weighted by atomic mass is 16.6. The zero-order chi connectivity index (χ0) is 15.4. The van der Waals surface area contributed by atoms with E-state index in [1.54, 1.807) is 37.3 Å². The van der Waals surface area contributed by atoms with Crippen molar-refractivity contribution in [2.45, 2.75) is 6.92 Å². The highest BCUT2D eigenvalue weighted by Crippen LogP contribution is 2.22. The van der Waals surface area contributed by atoms with Crippen molar-refractivity contribution in [1.82, 2.24) is 0 Å². The average molecular weight is 286 g/mol. The Bertz CT molecular complexity index is 683. The number of nitro benzene ring substituents is 1. The first-order valence-corrected chi connectivity index (χ1v) is 6.14. The van der Waals surface area contributed by atoms with Crippen LogP contribution in [0.2, 0.25) is 0 Å². The van der Waals surface area contributed by atoms with Gasteiger partial charge in [0, 0.05) is 28.6 Å². The quantitative estimate of drug-likeness (QED) is 0.454. The van der Waals surface area contributed by atoms with Crippen LogP contribution in [0.4, 0.5) is 17.1 Å². The number of nitrogens with two attached hydrogens (primary N) is 1. The zero-order valence-corrected chi connectivity index (χ0v) is 11.3. The number of benzene rings is 2. The summed E-state index contributed by atoms with van der Waals surface area (Å²) in [6, 6.07) is 11.0. The van der Waals surface area contributed by atoms with E-state index in [0.29, 0.717) is 22.5 Å². The van der Waals surface area contributed by atoms with Crippen LogP contribution in [-0.4, -0.2) is 10.8 Å². The SMILES string of the molecule is Cc1cc(NC(=O)c2ccc(NN)cc2)ccc1[N+](=O)[O-]. The van der Waals surface area contributed by atoms with Gasteiger partial charge in [0.15, 0.2) is 0 Å². The highest BCUT2D eigenvalue weighted by Gasteiger charge is 2.12. The van der Waals surface area contributed by atoms with E-state index in [4.69, 9.17) is 5.84 Å². The van der Waals surface area contributed by atoms with Crippen LogP contribution in [0.15, 0.2) is 42.5 Å². The third kappa shape index (κ3) is 3.34. The summed E-state index contributed by atoms with van der Waals surface area (Å²) in [6.07, 6.45) is 0. The normalized spacial score (nSPS) is 10.0. The fourth-order valence-electron chi connectivity index (χ4n) is 1.86. The van der Waals surface area contributed by atoms with Gasteiger partial charge in [-0.2, -0.15) is 0 Å². The first kappa shape index (κ1) is 14.5. The van der Waals surface area contributed by atoms with Gasteiger partial charge in [0.25, 0.3) is 11.6 Å². The van der Waals surface area contributed by atoms with Crippen LogP contribution in [0.25, 0.3) is 0 Å². The van der Waals surface area contributed by atoms with Gasteiger partial charge in [-0.3, -0.25) is 20.8 Å². The molecule has 0 heterocycles. The fourth-order valence-corrected chi connectivity index (χ4v) is 1.86. The molecule has 4 N–H and O–H groups in total. The van der Waals surface area contributed by atoms with E-state index in [2.05, 4.69) is 10.7 Å². The Hall–Kier alpha value is -2.93. The van der Waals surface area contributed by atoms with Gasteiger partial charge >= 0.3 is 0 Å². The van der Waals surface area contributed by atoms with Crippen LogP contribution < -0.4 is 16.6 Å². The van der Waals surface area contributed by atoms with Gasteiger partial charge in [-0.25, -0.2) is 0 Å². The van der Waals surface area contributed by atoms with Gasteiger partial charge in [-0.1, -0.05) is 0 Å². The topological polar surface area (TPSA) is 110 Å². The number of carbonyl (C=O) groups is 1. The van der Waals surface area contributed by atoms with E-state index in [9.17, 15) is 14.9 Å². The smallest absolute Gasteiger partial charge is 0.272 e. The molecule has 0 aliphatic heterocycles. The van der Waals surface area contributed by atoms with E-state index in [1.165, 1.54) is 12.1 Å². The van der Waals surface area contributed by atoms with Crippen molar-refractivity contribution in [3.63, 3.8) is 0 Å². The molecule has 0 unspecified atom stereocenters. The molecule has 0 bridgehead atoms. The minimum atomic E-state index is -0.459. The number of hydrogen-bond donors (Lipinski definition) is 3. The predicted molar refractivity (Wildman–Crippen MR) is 80.0 cm³/mol. The fraction of sp³-hybridized carbons (Fsp3) is 0.0714. The molecular formula is C14H14N4O3. The molecule has 2 rings (SSSR count). The summed E-state index contributed by atoms with van der Waals surface area (Å²) in [6.45, 7) is 1.62. The summed E-state index contributed by atoms with van der Waals surface area (Å²) in [5.41, 5.74) is 4.64. The zero-order valence-electron chi connectivity index (χ0n) is 11.3. The van der Waals surface area contributed by atoms with Crippen LogP contribution in [0.5, 0.6) is 0 Å². The minimum absolute atomic E-state index is 0.0198. The van der Waals surface area contributed by atoms with Crippen LogP contribution in [0, 0.1) is 17.0 Å². The second kappa shape index (κ2) is 6.02. The summed E-state index contributed by atoms with van der Waals surface area (Å²) in [4.78, 5) is 22.3. The van der Waals surface area contributed by atoms with E-state index in [1.807, 2.05) is 0 Å². The molecule has 1 amide bonds. The minimum Gasteiger partial charge on any atom is -0.324 e. The van der Waals surface area contributed by atoms with Gasteiger partial charge in [-0.15, -0.1) is 0 Å². The second-order valence-electron chi connectivity index (χ2n) is 4.43. The van der Waals surface area contributed by atoms with Crippen LogP contribution in [0.1, 0.15) is 15.9 Å². The Morgan fingerprint density at radius 2 is 1.76 bits per heavy atom. The highest BCUT2D eigenvalue weighted by molar-refractivity contribution is 6.04. The van der Waals surface area contributed by atoms with Crippen molar-refractivity contribution in [3.05, 3.63) is 63.7 Å². The number of amides is 1. The molecule has 0 saturated heterocycles. The first-order chi connectivity index (χ1) is 10.0. The van der Waals surface area contributed by atoms with E-state index < -0.39 is 4.92 Å². The summed E-state index contributed by atoms with van der Waals surface area (Å²) in [5, 5.41) is 13.4. The molecule has 7 heteroatoms. The van der Waals surface area contributed by atoms with Crippen molar-refractivity contribution in [2.75, 3.05) is 10.7 Å². The average Bonchev–Trinajstić information content (AvgIpc) is 2.47. The molecule has 2 aromatic rings. The maximum atomic E-state index is 12.0. The molecule has 0 atom stereocenters. The van der Waals surface area contributed by atoms with Gasteiger partial charge in [-0.05, 0) is 43.3 Å². The summed E-state index contributed by atoms with van der Waals surface area (Å²) in [7, 11) is 0. The molecule has 21 heavy (non-hydrogen) atoms. The lowest BCUT2D eigenvalue weighted by Crippen LogP contribution is -2.12. The Balaban J connectivity index is 2.15. The lowest BCUT2D eigenvalue weighted by molar-refractivity contribution is -0.385. The summed E-state index contributed by atoms with van der Waals surface area (Å²) >= 11 is 0. The van der Waals surface area contributed by atoms with Gasteiger partial charge in [0.1, 0.15) is 0 Å². The third-order valence-electron chi connectivity index (χ3n) is 2.97. The van der Waals surface area contributed by atoms with Crippen LogP contribution >= 0.6 is 0 Å². The number of aryl methyl sites for hydroxylation is 1. The summed E-state index contributed by atoms with van der Waals surface area (Å²) in [5.74, 6) is 4.95. The maximum absolute atomic E-state index is 12.0. The number of rotatable bonds is 4. The molecule has 0 aromatic heterocycles. The Morgan fingerprint density at radius 1 is 1.14 bits per heavy atom. The predicted octanol–water partition coefficient (Wildman–Crippen LogP) is 2.44. The summed E-state index contributed by atoms with van der Waals surface area (Å²) < 4.78 is 0. The van der Waals surface area contributed by atoms with Gasteiger partial charge < -0.3 is 10.7 Å². The molecule has 0 fully saturated rings. The Morgan fingerprint density at radius 3 is 2.29 bits per heavy atom. The van der Waals surface area contributed by atoms with Gasteiger partial charge in [0.05, 0.1) is 4.92 Å². The van der Waals surface area contributed by atoms with E-state index in [0.717, 1.165) is 0 Å².